The fourth-order valence-corrected chi connectivity index (χ4v) is 5.82. The van der Waals surface area contributed by atoms with Gasteiger partial charge in [0.1, 0.15) is 0 Å². The van der Waals surface area contributed by atoms with Gasteiger partial charge in [-0.3, -0.25) is 9.59 Å². The number of aryl methyl sites for hydroxylation is 3. The van der Waals surface area contributed by atoms with Crippen molar-refractivity contribution >= 4 is 51.9 Å². The monoisotopic (exact) mass is 547 g/mol. The standard InChI is InChI=1S/C39H33NO2/c1-8-12-32(11-4)40(37-25(6)17-24(5)18-26(37)7)33-16-15-30-19-27(13-14-31(30)21-33)20-36-38(41)34-22-28(9-2)29(10-3)23-35(34)39(36)42/h8-23H,1-4H2,5-7H3/b32-12+. The molecule has 0 unspecified atom stereocenters. The van der Waals surface area contributed by atoms with Gasteiger partial charge in [0.05, 0.1) is 11.3 Å². The maximum absolute atomic E-state index is 13.2. The van der Waals surface area contributed by atoms with Crippen LogP contribution in [-0.2, 0) is 0 Å². The molecule has 1 aliphatic rings. The fraction of sp³-hybridized carbons (Fsp3) is 0.0769. The Hall–Kier alpha value is -5.28. The van der Waals surface area contributed by atoms with E-state index in [1.165, 1.54) is 16.7 Å². The van der Waals surface area contributed by atoms with Crippen molar-refractivity contribution in [2.45, 2.75) is 20.8 Å². The van der Waals surface area contributed by atoms with Crippen LogP contribution in [0.3, 0.4) is 0 Å². The number of benzene rings is 4. The second-order valence-electron chi connectivity index (χ2n) is 10.6. The molecule has 0 fully saturated rings. The molecule has 3 nitrogen and oxygen atoms in total. The van der Waals surface area contributed by atoms with Crippen molar-refractivity contribution in [3.63, 3.8) is 0 Å². The number of anilines is 2. The molecule has 0 spiro atoms. The molecule has 0 aliphatic heterocycles. The van der Waals surface area contributed by atoms with Crippen molar-refractivity contribution in [2.24, 2.45) is 0 Å². The van der Waals surface area contributed by atoms with Crippen molar-refractivity contribution in [1.82, 2.24) is 0 Å². The van der Waals surface area contributed by atoms with Crippen molar-refractivity contribution < 1.29 is 9.59 Å². The van der Waals surface area contributed by atoms with Crippen LogP contribution in [0.25, 0.3) is 29.0 Å². The summed E-state index contributed by atoms with van der Waals surface area (Å²) in [4.78, 5) is 28.7. The highest BCUT2D eigenvalue weighted by Crippen LogP contribution is 2.38. The van der Waals surface area contributed by atoms with Crippen molar-refractivity contribution in [2.75, 3.05) is 4.90 Å². The molecule has 0 bridgehead atoms. The summed E-state index contributed by atoms with van der Waals surface area (Å²) in [7, 11) is 0. The average Bonchev–Trinajstić information content (AvgIpc) is 3.20. The maximum atomic E-state index is 13.2. The molecule has 0 N–H and O–H groups in total. The first kappa shape index (κ1) is 28.3. The van der Waals surface area contributed by atoms with E-state index >= 15 is 0 Å². The normalized spacial score (nSPS) is 12.7. The van der Waals surface area contributed by atoms with Crippen LogP contribution in [0.15, 0.2) is 116 Å². The lowest BCUT2D eigenvalue weighted by Crippen LogP contribution is -2.17. The molecule has 1 aliphatic carbocycles. The van der Waals surface area contributed by atoms with Gasteiger partial charge in [-0.15, -0.1) is 0 Å². The Morgan fingerprint density at radius 2 is 1.29 bits per heavy atom. The summed E-state index contributed by atoms with van der Waals surface area (Å²) in [6.07, 6.45) is 10.6. The Morgan fingerprint density at radius 3 is 1.83 bits per heavy atom. The topological polar surface area (TPSA) is 37.4 Å². The van der Waals surface area contributed by atoms with Crippen LogP contribution in [0.4, 0.5) is 11.4 Å². The zero-order valence-corrected chi connectivity index (χ0v) is 24.3. The highest BCUT2D eigenvalue weighted by atomic mass is 16.2. The number of carbonyl (C=O) groups is 2. The highest BCUT2D eigenvalue weighted by Gasteiger charge is 2.33. The summed E-state index contributed by atoms with van der Waals surface area (Å²) in [5, 5.41) is 2.03. The number of ketones is 2. The summed E-state index contributed by atoms with van der Waals surface area (Å²) >= 11 is 0. The zero-order valence-electron chi connectivity index (χ0n) is 24.3. The number of allylic oxidation sites excluding steroid dienone is 4. The van der Waals surface area contributed by atoms with E-state index in [9.17, 15) is 9.59 Å². The molecule has 0 saturated carbocycles. The lowest BCUT2D eigenvalue weighted by molar-refractivity contribution is 0.0990. The van der Waals surface area contributed by atoms with Gasteiger partial charge in [-0.05, 0) is 108 Å². The number of hydrogen-bond donors (Lipinski definition) is 0. The van der Waals surface area contributed by atoms with E-state index in [1.807, 2.05) is 30.4 Å². The summed E-state index contributed by atoms with van der Waals surface area (Å²) in [6, 6.07) is 20.1. The molecule has 0 heterocycles. The third kappa shape index (κ3) is 4.90. The average molecular weight is 548 g/mol. The minimum absolute atomic E-state index is 0.166. The summed E-state index contributed by atoms with van der Waals surface area (Å²) in [5.41, 5.74) is 9.87. The Labute approximate surface area is 247 Å². The predicted molar refractivity (Wildman–Crippen MR) is 178 cm³/mol. The smallest absolute Gasteiger partial charge is 0.197 e. The Kier molecular flexibility index (Phi) is 7.60. The highest BCUT2D eigenvalue weighted by molar-refractivity contribution is 6.41. The first-order chi connectivity index (χ1) is 20.2. The number of Topliss-reactive ketones (excluding diaryl/α,β-unsaturated/α-hetero) is 2. The number of rotatable bonds is 8. The number of nitrogens with zero attached hydrogens (tertiary/aromatic N) is 1. The van der Waals surface area contributed by atoms with Crippen LogP contribution in [0.2, 0.25) is 0 Å². The van der Waals surface area contributed by atoms with Crippen molar-refractivity contribution in [3.8, 4) is 0 Å². The third-order valence-corrected chi connectivity index (χ3v) is 7.67. The van der Waals surface area contributed by atoms with Crippen LogP contribution in [0, 0.1) is 20.8 Å². The first-order valence-electron chi connectivity index (χ1n) is 13.8. The minimum Gasteiger partial charge on any atom is -0.310 e. The van der Waals surface area contributed by atoms with Gasteiger partial charge in [0.15, 0.2) is 11.6 Å². The SMILES string of the molecule is C=C/C=C(\C=C)N(c1ccc2cc(C=C3C(=O)c4cc(C=C)c(C=C)cc4C3=O)ccc2c1)c1c(C)cc(C)cc1C. The Balaban J connectivity index is 1.57. The van der Waals surface area contributed by atoms with Crippen LogP contribution in [-0.4, -0.2) is 11.6 Å². The number of hydrogen-bond acceptors (Lipinski definition) is 3. The molecular formula is C39H33NO2. The quantitative estimate of drug-likeness (QED) is 0.125. The number of fused-ring (bicyclic) bond motifs is 2. The second kappa shape index (κ2) is 11.3. The van der Waals surface area contributed by atoms with E-state index in [1.54, 1.807) is 36.4 Å². The number of carbonyl (C=O) groups excluding carboxylic acids is 2. The first-order valence-corrected chi connectivity index (χ1v) is 13.8. The molecule has 0 radical (unpaired) electrons. The van der Waals surface area contributed by atoms with Gasteiger partial charge in [0.2, 0.25) is 0 Å². The van der Waals surface area contributed by atoms with E-state index in [-0.39, 0.29) is 17.1 Å². The van der Waals surface area contributed by atoms with E-state index < -0.39 is 0 Å². The maximum Gasteiger partial charge on any atom is 0.197 e. The van der Waals surface area contributed by atoms with Crippen molar-refractivity contribution in [1.29, 1.82) is 0 Å². The van der Waals surface area contributed by atoms with E-state index in [0.717, 1.165) is 44.5 Å². The van der Waals surface area contributed by atoms with Crippen molar-refractivity contribution in [3.05, 3.63) is 161 Å². The lowest BCUT2D eigenvalue weighted by atomic mass is 9.99. The molecule has 206 valence electrons. The Morgan fingerprint density at radius 1 is 0.714 bits per heavy atom. The lowest BCUT2D eigenvalue weighted by Gasteiger charge is -2.30. The predicted octanol–water partition coefficient (Wildman–Crippen LogP) is 9.91. The Bertz CT molecular complexity index is 1840. The molecule has 3 heteroatoms. The molecule has 5 rings (SSSR count). The van der Waals surface area contributed by atoms with Gasteiger partial charge in [-0.1, -0.05) is 80.4 Å². The third-order valence-electron chi connectivity index (χ3n) is 7.67. The van der Waals surface area contributed by atoms with Crippen LogP contribution in [0.5, 0.6) is 0 Å². The molecule has 0 aromatic heterocycles. The molecule has 42 heavy (non-hydrogen) atoms. The summed E-state index contributed by atoms with van der Waals surface area (Å²) < 4.78 is 0. The van der Waals surface area contributed by atoms with E-state index in [0.29, 0.717) is 11.1 Å². The second-order valence-corrected chi connectivity index (χ2v) is 10.6. The van der Waals surface area contributed by atoms with Gasteiger partial charge >= 0.3 is 0 Å². The van der Waals surface area contributed by atoms with E-state index in [2.05, 4.69) is 82.3 Å². The van der Waals surface area contributed by atoms with Crippen LogP contribution < -0.4 is 4.90 Å². The van der Waals surface area contributed by atoms with Gasteiger partial charge in [-0.2, -0.15) is 0 Å². The molecule has 0 saturated heterocycles. The molecule has 4 aromatic carbocycles. The zero-order chi connectivity index (χ0) is 30.1. The molecular weight excluding hydrogens is 514 g/mol. The largest absolute Gasteiger partial charge is 0.310 e. The molecule has 4 aromatic rings. The van der Waals surface area contributed by atoms with E-state index in [4.69, 9.17) is 0 Å². The van der Waals surface area contributed by atoms with Crippen LogP contribution in [0.1, 0.15) is 54.1 Å². The summed E-state index contributed by atoms with van der Waals surface area (Å²) in [5.74, 6) is -0.538. The van der Waals surface area contributed by atoms with Gasteiger partial charge < -0.3 is 4.90 Å². The minimum atomic E-state index is -0.269. The van der Waals surface area contributed by atoms with Crippen LogP contribution >= 0.6 is 0 Å². The van der Waals surface area contributed by atoms with Gasteiger partial charge in [0, 0.05) is 22.5 Å². The molecule has 0 atom stereocenters. The van der Waals surface area contributed by atoms with Gasteiger partial charge in [0.25, 0.3) is 0 Å². The van der Waals surface area contributed by atoms with Gasteiger partial charge in [-0.25, -0.2) is 0 Å². The summed E-state index contributed by atoms with van der Waals surface area (Å²) in [6.45, 7) is 22.0. The fourth-order valence-electron chi connectivity index (χ4n) is 5.82. The molecule has 0 amide bonds.